The number of nitrogens with zero attached hydrogens (tertiary/aromatic N) is 2. The summed E-state index contributed by atoms with van der Waals surface area (Å²) in [4.78, 5) is 37.6. The number of aliphatic carboxylic acids is 1. The van der Waals surface area contributed by atoms with Gasteiger partial charge >= 0.3 is 11.7 Å². The number of benzene rings is 2. The minimum absolute atomic E-state index is 0.170. The van der Waals surface area contributed by atoms with E-state index in [0.29, 0.717) is 17.6 Å². The third kappa shape index (κ3) is 3.19. The zero-order valence-corrected chi connectivity index (χ0v) is 15.9. The molecule has 2 N–H and O–H groups in total. The molecule has 1 heterocycles. The van der Waals surface area contributed by atoms with Crippen LogP contribution in [0.3, 0.4) is 0 Å². The number of carbonyl (C=O) groups excluding carboxylic acids is 1. The first-order chi connectivity index (χ1) is 13.4. The fourth-order valence-corrected chi connectivity index (χ4v) is 3.57. The van der Waals surface area contributed by atoms with E-state index in [1.54, 1.807) is 54.0 Å². The lowest BCUT2D eigenvalue weighted by molar-refractivity contribution is -0.148. The normalized spacial score (nSPS) is 13.2. The van der Waals surface area contributed by atoms with Gasteiger partial charge in [0.2, 0.25) is 5.91 Å². The van der Waals surface area contributed by atoms with E-state index in [0.717, 1.165) is 5.52 Å². The van der Waals surface area contributed by atoms with Crippen molar-refractivity contribution in [2.45, 2.75) is 38.9 Å². The molecule has 0 aliphatic rings. The summed E-state index contributed by atoms with van der Waals surface area (Å²) in [5.74, 6) is -1.67. The van der Waals surface area contributed by atoms with Crippen molar-refractivity contribution < 1.29 is 14.7 Å². The summed E-state index contributed by atoms with van der Waals surface area (Å²) < 4.78 is 2.96. The van der Waals surface area contributed by atoms with Crippen LogP contribution < -0.4 is 11.0 Å². The van der Waals surface area contributed by atoms with Crippen molar-refractivity contribution >= 4 is 22.9 Å². The number of amides is 1. The molecule has 2 aromatic carbocycles. The molecule has 1 aromatic heterocycles. The Hall–Kier alpha value is -3.35. The fraction of sp³-hybridized carbons (Fsp3) is 0.286. The van der Waals surface area contributed by atoms with E-state index in [-0.39, 0.29) is 18.7 Å². The standard InChI is InChI=1S/C21H23N3O4/c1-3-21(19(26)27,15-10-6-5-7-11-15)22-18(25)14-24-17-13-9-8-12-16(17)23(4-2)20(24)28/h5-13H,3-4,14H2,1-2H3,(H,22,25)(H,26,27). The molecular weight excluding hydrogens is 358 g/mol. The van der Waals surface area contributed by atoms with Crippen LogP contribution in [0.5, 0.6) is 0 Å². The van der Waals surface area contributed by atoms with Crippen molar-refractivity contribution in [3.63, 3.8) is 0 Å². The number of aromatic nitrogens is 2. The molecule has 0 saturated carbocycles. The Bertz CT molecular complexity index is 1070. The van der Waals surface area contributed by atoms with Crippen molar-refractivity contribution in [2.24, 2.45) is 0 Å². The van der Waals surface area contributed by atoms with Gasteiger partial charge in [-0.25, -0.2) is 9.59 Å². The number of hydrogen-bond acceptors (Lipinski definition) is 3. The molecule has 0 aliphatic heterocycles. The van der Waals surface area contributed by atoms with Gasteiger partial charge in [-0.2, -0.15) is 0 Å². The number of carboxylic acids is 1. The summed E-state index contributed by atoms with van der Waals surface area (Å²) in [7, 11) is 0. The van der Waals surface area contributed by atoms with Gasteiger partial charge in [0.15, 0.2) is 5.54 Å². The van der Waals surface area contributed by atoms with Crippen LogP contribution in [-0.4, -0.2) is 26.1 Å². The molecule has 0 aliphatic carbocycles. The predicted molar refractivity (Wildman–Crippen MR) is 106 cm³/mol. The van der Waals surface area contributed by atoms with Gasteiger partial charge in [-0.1, -0.05) is 49.4 Å². The highest BCUT2D eigenvalue weighted by molar-refractivity contribution is 5.89. The lowest BCUT2D eigenvalue weighted by atomic mass is 9.87. The molecule has 0 fully saturated rings. The molecule has 0 bridgehead atoms. The van der Waals surface area contributed by atoms with E-state index in [1.807, 2.05) is 19.1 Å². The van der Waals surface area contributed by atoms with Crippen LogP contribution in [0.4, 0.5) is 0 Å². The summed E-state index contributed by atoms with van der Waals surface area (Å²) in [5, 5.41) is 12.5. The average molecular weight is 381 g/mol. The topological polar surface area (TPSA) is 93.3 Å². The van der Waals surface area contributed by atoms with Crippen molar-refractivity contribution in [3.8, 4) is 0 Å². The lowest BCUT2D eigenvalue weighted by Gasteiger charge is -2.30. The van der Waals surface area contributed by atoms with Gasteiger partial charge in [-0.3, -0.25) is 13.9 Å². The minimum Gasteiger partial charge on any atom is -0.479 e. The van der Waals surface area contributed by atoms with Gasteiger partial charge < -0.3 is 10.4 Å². The number of para-hydroxylation sites is 2. The van der Waals surface area contributed by atoms with Crippen molar-refractivity contribution in [3.05, 3.63) is 70.6 Å². The average Bonchev–Trinajstić information content (AvgIpc) is 2.97. The van der Waals surface area contributed by atoms with E-state index >= 15 is 0 Å². The number of carbonyl (C=O) groups is 2. The Kier molecular flexibility index (Phi) is 5.35. The Balaban J connectivity index is 1.97. The first-order valence-electron chi connectivity index (χ1n) is 9.22. The molecule has 1 amide bonds. The van der Waals surface area contributed by atoms with E-state index in [4.69, 9.17) is 0 Å². The molecule has 3 rings (SSSR count). The van der Waals surface area contributed by atoms with Gasteiger partial charge in [0.25, 0.3) is 0 Å². The second kappa shape index (κ2) is 7.72. The van der Waals surface area contributed by atoms with Crippen LogP contribution in [0.15, 0.2) is 59.4 Å². The largest absolute Gasteiger partial charge is 0.479 e. The Morgan fingerprint density at radius 1 is 0.964 bits per heavy atom. The second-order valence-corrected chi connectivity index (χ2v) is 6.58. The molecule has 3 aromatic rings. The van der Waals surface area contributed by atoms with Crippen molar-refractivity contribution in [1.29, 1.82) is 0 Å². The fourth-order valence-electron chi connectivity index (χ4n) is 3.57. The Morgan fingerprint density at radius 2 is 1.54 bits per heavy atom. The summed E-state index contributed by atoms with van der Waals surface area (Å²) in [6.45, 7) is 3.79. The van der Waals surface area contributed by atoms with Crippen LogP contribution in [0.2, 0.25) is 0 Å². The quantitative estimate of drug-likeness (QED) is 0.657. The molecule has 1 unspecified atom stereocenters. The zero-order valence-electron chi connectivity index (χ0n) is 15.9. The monoisotopic (exact) mass is 381 g/mol. The number of rotatable bonds is 7. The molecule has 0 saturated heterocycles. The summed E-state index contributed by atoms with van der Waals surface area (Å²) >= 11 is 0. The Morgan fingerprint density at radius 3 is 2.07 bits per heavy atom. The first kappa shape index (κ1) is 19.4. The highest BCUT2D eigenvalue weighted by atomic mass is 16.4. The van der Waals surface area contributed by atoms with E-state index < -0.39 is 17.4 Å². The van der Waals surface area contributed by atoms with E-state index in [9.17, 15) is 19.5 Å². The smallest absolute Gasteiger partial charge is 0.334 e. The third-order valence-electron chi connectivity index (χ3n) is 5.06. The maximum atomic E-state index is 12.8. The summed E-state index contributed by atoms with van der Waals surface area (Å²) in [5.41, 5.74) is 0.0237. The van der Waals surface area contributed by atoms with Crippen molar-refractivity contribution in [1.82, 2.24) is 14.5 Å². The zero-order chi connectivity index (χ0) is 20.3. The van der Waals surface area contributed by atoms with Gasteiger partial charge in [0.05, 0.1) is 11.0 Å². The molecule has 7 nitrogen and oxygen atoms in total. The maximum absolute atomic E-state index is 12.8. The maximum Gasteiger partial charge on any atom is 0.334 e. The number of hydrogen-bond donors (Lipinski definition) is 2. The van der Waals surface area contributed by atoms with Crippen LogP contribution in [-0.2, 0) is 28.2 Å². The third-order valence-corrected chi connectivity index (χ3v) is 5.06. The summed E-state index contributed by atoms with van der Waals surface area (Å²) in [6.07, 6.45) is 0.170. The number of aryl methyl sites for hydroxylation is 1. The SMILES string of the molecule is CCn1c(=O)n(CC(=O)NC(CC)(C(=O)O)c2ccccc2)c2ccccc21. The van der Waals surface area contributed by atoms with Crippen molar-refractivity contribution in [2.75, 3.05) is 0 Å². The number of fused-ring (bicyclic) bond motifs is 1. The first-order valence-corrected chi connectivity index (χ1v) is 9.22. The lowest BCUT2D eigenvalue weighted by Crippen LogP contribution is -2.52. The highest BCUT2D eigenvalue weighted by Crippen LogP contribution is 2.25. The van der Waals surface area contributed by atoms with Crippen LogP contribution >= 0.6 is 0 Å². The number of nitrogens with one attached hydrogen (secondary N) is 1. The Labute approximate surface area is 162 Å². The molecule has 146 valence electrons. The second-order valence-electron chi connectivity index (χ2n) is 6.58. The molecule has 1 atom stereocenters. The van der Waals surface area contributed by atoms with E-state index in [2.05, 4.69) is 5.32 Å². The number of imidazole rings is 1. The molecular formula is C21H23N3O4. The minimum atomic E-state index is -1.55. The molecule has 0 radical (unpaired) electrons. The van der Waals surface area contributed by atoms with E-state index in [1.165, 1.54) is 4.57 Å². The molecule has 7 heteroatoms. The highest BCUT2D eigenvalue weighted by Gasteiger charge is 2.40. The van der Waals surface area contributed by atoms with Gasteiger partial charge in [0, 0.05) is 6.54 Å². The van der Waals surface area contributed by atoms with Crippen LogP contribution in [0.1, 0.15) is 25.8 Å². The molecule has 28 heavy (non-hydrogen) atoms. The van der Waals surface area contributed by atoms with Crippen LogP contribution in [0.25, 0.3) is 11.0 Å². The summed E-state index contributed by atoms with van der Waals surface area (Å²) in [6, 6.07) is 15.8. The predicted octanol–water partition coefficient (Wildman–Crippen LogP) is 2.33. The van der Waals surface area contributed by atoms with Gasteiger partial charge in [-0.05, 0) is 31.0 Å². The van der Waals surface area contributed by atoms with Crippen LogP contribution in [0, 0.1) is 0 Å². The van der Waals surface area contributed by atoms with Gasteiger partial charge in [0.1, 0.15) is 6.54 Å². The number of carboxylic acid groups (broad SMARTS) is 1. The van der Waals surface area contributed by atoms with Gasteiger partial charge in [-0.15, -0.1) is 0 Å². The molecule has 0 spiro atoms.